The highest BCUT2D eigenvalue weighted by molar-refractivity contribution is 5.96. The predicted molar refractivity (Wildman–Crippen MR) is 95.3 cm³/mol. The van der Waals surface area contributed by atoms with Gasteiger partial charge in [-0.3, -0.25) is 4.79 Å². The molecule has 0 heterocycles. The van der Waals surface area contributed by atoms with Gasteiger partial charge in [-0.05, 0) is 92.9 Å². The lowest BCUT2D eigenvalue weighted by Crippen LogP contribution is -2.55. The molecule has 4 saturated carbocycles. The predicted octanol–water partition coefficient (Wildman–Crippen LogP) is 3.81. The molecule has 5 rings (SSSR count). The molecule has 4 bridgehead atoms. The molecule has 4 heteroatoms. The van der Waals surface area contributed by atoms with Gasteiger partial charge in [-0.15, -0.1) is 0 Å². The summed E-state index contributed by atoms with van der Waals surface area (Å²) in [6.45, 7) is 2.19. The molecular formula is C21H27NO3. The van der Waals surface area contributed by atoms with E-state index in [2.05, 4.69) is 12.2 Å². The number of methoxy groups -OCH3 is 1. The number of carbonyl (C=O) groups excluding carboxylic acids is 2. The molecule has 4 fully saturated rings. The van der Waals surface area contributed by atoms with Crippen LogP contribution in [0.4, 0.5) is 0 Å². The Morgan fingerprint density at radius 3 is 1.96 bits per heavy atom. The molecule has 1 aromatic rings. The fraction of sp³-hybridized carbons (Fsp3) is 0.619. The molecule has 4 aliphatic carbocycles. The highest BCUT2D eigenvalue weighted by Gasteiger charge is 2.53. The second kappa shape index (κ2) is 6.15. The van der Waals surface area contributed by atoms with Crippen molar-refractivity contribution < 1.29 is 14.3 Å². The van der Waals surface area contributed by atoms with Gasteiger partial charge in [0.05, 0.1) is 12.7 Å². The molecule has 1 unspecified atom stereocenters. The number of rotatable bonds is 4. The van der Waals surface area contributed by atoms with Gasteiger partial charge >= 0.3 is 5.97 Å². The first kappa shape index (κ1) is 16.6. The quantitative estimate of drug-likeness (QED) is 0.847. The van der Waals surface area contributed by atoms with Crippen LogP contribution in [0.3, 0.4) is 0 Å². The number of nitrogens with one attached hydrogen (secondary N) is 1. The van der Waals surface area contributed by atoms with Crippen LogP contribution in [0.1, 0.15) is 66.2 Å². The fourth-order valence-corrected chi connectivity index (χ4v) is 6.02. The van der Waals surface area contributed by atoms with Crippen molar-refractivity contribution >= 4 is 11.9 Å². The maximum atomic E-state index is 12.7. The lowest BCUT2D eigenvalue weighted by molar-refractivity contribution is -0.0688. The van der Waals surface area contributed by atoms with E-state index < -0.39 is 0 Å². The second-order valence-corrected chi connectivity index (χ2v) is 8.54. The topological polar surface area (TPSA) is 55.4 Å². The summed E-state index contributed by atoms with van der Waals surface area (Å²) < 4.78 is 4.70. The second-order valence-electron chi connectivity index (χ2n) is 8.54. The van der Waals surface area contributed by atoms with Gasteiger partial charge < -0.3 is 10.1 Å². The number of amides is 1. The number of carbonyl (C=O) groups is 2. The number of ether oxygens (including phenoxy) is 1. The third-order valence-electron chi connectivity index (χ3n) is 6.92. The number of hydrogen-bond donors (Lipinski definition) is 1. The molecule has 25 heavy (non-hydrogen) atoms. The summed E-state index contributed by atoms with van der Waals surface area (Å²) in [6.07, 6.45) is 8.07. The maximum Gasteiger partial charge on any atom is 0.337 e. The van der Waals surface area contributed by atoms with Crippen LogP contribution in [0.5, 0.6) is 0 Å². The van der Waals surface area contributed by atoms with Crippen LogP contribution in [-0.2, 0) is 4.74 Å². The van der Waals surface area contributed by atoms with Crippen LogP contribution in [0, 0.1) is 23.2 Å². The van der Waals surface area contributed by atoms with E-state index in [9.17, 15) is 9.59 Å². The SMILES string of the molecule is COC(=O)c1ccc(C(=O)NC(C)C23CC4CC(CC(C4)C2)C3)cc1. The van der Waals surface area contributed by atoms with E-state index >= 15 is 0 Å². The molecule has 0 aromatic heterocycles. The van der Waals surface area contributed by atoms with E-state index in [1.54, 1.807) is 24.3 Å². The van der Waals surface area contributed by atoms with Crippen molar-refractivity contribution in [3.05, 3.63) is 35.4 Å². The van der Waals surface area contributed by atoms with Crippen molar-refractivity contribution in [2.75, 3.05) is 7.11 Å². The Bertz CT molecular complexity index is 644. The third-order valence-corrected chi connectivity index (χ3v) is 6.92. The van der Waals surface area contributed by atoms with E-state index in [-0.39, 0.29) is 17.9 Å². The van der Waals surface area contributed by atoms with Gasteiger partial charge in [0.2, 0.25) is 0 Å². The maximum absolute atomic E-state index is 12.7. The van der Waals surface area contributed by atoms with Crippen molar-refractivity contribution in [3.63, 3.8) is 0 Å². The summed E-state index contributed by atoms with van der Waals surface area (Å²) in [4.78, 5) is 24.2. The Morgan fingerprint density at radius 1 is 1.00 bits per heavy atom. The minimum atomic E-state index is -0.381. The first-order valence-corrected chi connectivity index (χ1v) is 9.48. The lowest BCUT2D eigenvalue weighted by atomic mass is 9.48. The van der Waals surface area contributed by atoms with Crippen LogP contribution in [0.25, 0.3) is 0 Å². The first-order valence-electron chi connectivity index (χ1n) is 9.48. The fourth-order valence-electron chi connectivity index (χ4n) is 6.02. The van der Waals surface area contributed by atoms with Crippen LogP contribution < -0.4 is 5.32 Å². The Balaban J connectivity index is 1.45. The molecule has 0 spiro atoms. The molecule has 1 amide bonds. The molecule has 1 aromatic carbocycles. The number of hydrogen-bond acceptors (Lipinski definition) is 3. The molecule has 0 radical (unpaired) electrons. The average molecular weight is 341 g/mol. The van der Waals surface area contributed by atoms with Crippen molar-refractivity contribution in [2.45, 2.75) is 51.5 Å². The molecule has 0 saturated heterocycles. The van der Waals surface area contributed by atoms with E-state index in [1.807, 2.05) is 0 Å². The van der Waals surface area contributed by atoms with Crippen LogP contribution >= 0.6 is 0 Å². The standard InChI is InChI=1S/C21H27NO3/c1-13(21-10-14-7-15(11-21)9-16(8-14)12-21)22-19(23)17-3-5-18(6-4-17)20(24)25-2/h3-6,13-16H,7-12H2,1-2H3,(H,22,23). The van der Waals surface area contributed by atoms with Gasteiger partial charge in [0.25, 0.3) is 5.91 Å². The summed E-state index contributed by atoms with van der Waals surface area (Å²) in [5.41, 5.74) is 1.37. The van der Waals surface area contributed by atoms with Gasteiger partial charge in [0, 0.05) is 11.6 Å². The Labute approximate surface area is 149 Å². The summed E-state index contributed by atoms with van der Waals surface area (Å²) in [5, 5.41) is 3.26. The Kier molecular flexibility index (Phi) is 4.09. The smallest absolute Gasteiger partial charge is 0.337 e. The van der Waals surface area contributed by atoms with E-state index in [0.29, 0.717) is 16.5 Å². The van der Waals surface area contributed by atoms with Gasteiger partial charge in [-0.2, -0.15) is 0 Å². The molecule has 134 valence electrons. The highest BCUT2D eigenvalue weighted by atomic mass is 16.5. The zero-order chi connectivity index (χ0) is 17.6. The van der Waals surface area contributed by atoms with Gasteiger partial charge in [0.15, 0.2) is 0 Å². The van der Waals surface area contributed by atoms with Crippen LogP contribution in [-0.4, -0.2) is 25.0 Å². The Morgan fingerprint density at radius 2 is 1.48 bits per heavy atom. The third kappa shape index (κ3) is 2.96. The Hall–Kier alpha value is -1.84. The van der Waals surface area contributed by atoms with Crippen LogP contribution in [0.2, 0.25) is 0 Å². The van der Waals surface area contributed by atoms with Crippen molar-refractivity contribution in [1.82, 2.24) is 5.32 Å². The van der Waals surface area contributed by atoms with Gasteiger partial charge in [-0.25, -0.2) is 4.79 Å². The van der Waals surface area contributed by atoms with Gasteiger partial charge in [0.1, 0.15) is 0 Å². The van der Waals surface area contributed by atoms with Crippen molar-refractivity contribution in [3.8, 4) is 0 Å². The van der Waals surface area contributed by atoms with Crippen molar-refractivity contribution in [2.24, 2.45) is 23.2 Å². The molecule has 4 nitrogen and oxygen atoms in total. The summed E-state index contributed by atoms with van der Waals surface area (Å²) in [7, 11) is 1.36. The summed E-state index contributed by atoms with van der Waals surface area (Å²) >= 11 is 0. The summed E-state index contributed by atoms with van der Waals surface area (Å²) in [6, 6.07) is 6.91. The monoisotopic (exact) mass is 341 g/mol. The molecule has 1 N–H and O–H groups in total. The van der Waals surface area contributed by atoms with Crippen LogP contribution in [0.15, 0.2) is 24.3 Å². The average Bonchev–Trinajstić information content (AvgIpc) is 2.60. The first-order chi connectivity index (χ1) is 12.0. The largest absolute Gasteiger partial charge is 0.465 e. The minimum absolute atomic E-state index is 0.0420. The number of esters is 1. The van der Waals surface area contributed by atoms with E-state index in [4.69, 9.17) is 4.74 Å². The van der Waals surface area contributed by atoms with Gasteiger partial charge in [-0.1, -0.05) is 0 Å². The molecular weight excluding hydrogens is 314 g/mol. The van der Waals surface area contributed by atoms with E-state index in [0.717, 1.165) is 17.8 Å². The van der Waals surface area contributed by atoms with E-state index in [1.165, 1.54) is 45.6 Å². The normalized spacial score (nSPS) is 33.8. The molecule has 4 aliphatic rings. The zero-order valence-electron chi connectivity index (χ0n) is 15.1. The molecule has 0 aliphatic heterocycles. The number of benzene rings is 1. The molecule has 1 atom stereocenters. The van der Waals surface area contributed by atoms with Crippen molar-refractivity contribution in [1.29, 1.82) is 0 Å². The lowest BCUT2D eigenvalue weighted by Gasteiger charge is -2.59. The zero-order valence-corrected chi connectivity index (χ0v) is 15.1. The highest BCUT2D eigenvalue weighted by Crippen LogP contribution is 2.61. The summed E-state index contributed by atoms with van der Waals surface area (Å²) in [5.74, 6) is 2.22. The minimum Gasteiger partial charge on any atom is -0.465 e.